The van der Waals surface area contributed by atoms with Crippen molar-refractivity contribution in [2.24, 2.45) is 0 Å². The van der Waals surface area contributed by atoms with E-state index in [9.17, 15) is 5.11 Å². The minimum Gasteiger partial charge on any atom is -0.496 e. The van der Waals surface area contributed by atoms with E-state index in [1.54, 1.807) is 25.3 Å². The van der Waals surface area contributed by atoms with Gasteiger partial charge in [0.05, 0.1) is 13.2 Å². The monoisotopic (exact) mass is 290 g/mol. The molecule has 0 heterocycles. The van der Waals surface area contributed by atoms with Crippen LogP contribution in [0.5, 0.6) is 5.75 Å². The van der Waals surface area contributed by atoms with Gasteiger partial charge in [0.25, 0.3) is 0 Å². The van der Waals surface area contributed by atoms with Crippen LogP contribution in [-0.2, 0) is 6.42 Å². The fourth-order valence-corrected chi connectivity index (χ4v) is 2.36. The molecule has 2 aromatic carbocycles. The van der Waals surface area contributed by atoms with E-state index in [2.05, 4.69) is 31.2 Å². The first-order valence-corrected chi connectivity index (χ1v) is 7.05. The van der Waals surface area contributed by atoms with E-state index in [4.69, 9.17) is 16.3 Å². The van der Waals surface area contributed by atoms with Crippen molar-refractivity contribution < 1.29 is 9.84 Å². The quantitative estimate of drug-likeness (QED) is 0.888. The van der Waals surface area contributed by atoms with E-state index < -0.39 is 6.10 Å². The fraction of sp³-hybridized carbons (Fsp3) is 0.294. The molecule has 1 unspecified atom stereocenters. The number of methoxy groups -OCH3 is 1. The lowest BCUT2D eigenvalue weighted by atomic mass is 10.00. The van der Waals surface area contributed by atoms with Crippen LogP contribution in [0.25, 0.3) is 0 Å². The standard InChI is InChI=1S/C17H19ClO2/c1-12-3-5-13(6-4-12)7-9-16(19)15-11-14(18)8-10-17(15)20-2/h3-6,8,10-11,16,19H,7,9H2,1-2H3. The minimum absolute atomic E-state index is 0.579. The van der Waals surface area contributed by atoms with E-state index in [1.165, 1.54) is 11.1 Å². The van der Waals surface area contributed by atoms with Crippen molar-refractivity contribution in [3.8, 4) is 5.75 Å². The van der Waals surface area contributed by atoms with E-state index in [0.717, 1.165) is 12.0 Å². The van der Waals surface area contributed by atoms with Crippen molar-refractivity contribution in [1.82, 2.24) is 0 Å². The Morgan fingerprint density at radius 3 is 2.50 bits per heavy atom. The normalized spacial score (nSPS) is 12.2. The molecule has 0 saturated heterocycles. The molecule has 0 aromatic heterocycles. The van der Waals surface area contributed by atoms with Gasteiger partial charge in [-0.3, -0.25) is 0 Å². The van der Waals surface area contributed by atoms with Gasteiger partial charge in [-0.2, -0.15) is 0 Å². The van der Waals surface area contributed by atoms with Crippen LogP contribution in [-0.4, -0.2) is 12.2 Å². The van der Waals surface area contributed by atoms with Gasteiger partial charge in [0.2, 0.25) is 0 Å². The molecule has 1 N–H and O–H groups in total. The number of benzene rings is 2. The van der Waals surface area contributed by atoms with E-state index in [1.807, 2.05) is 0 Å². The third kappa shape index (κ3) is 3.75. The van der Waals surface area contributed by atoms with E-state index in [0.29, 0.717) is 17.2 Å². The second-order valence-electron chi connectivity index (χ2n) is 4.93. The van der Waals surface area contributed by atoms with Gasteiger partial charge in [0.1, 0.15) is 5.75 Å². The molecule has 0 radical (unpaired) electrons. The molecule has 2 nitrogen and oxygen atoms in total. The van der Waals surface area contributed by atoms with Crippen LogP contribution in [0.15, 0.2) is 42.5 Å². The van der Waals surface area contributed by atoms with Gasteiger partial charge in [0.15, 0.2) is 0 Å². The van der Waals surface area contributed by atoms with Gasteiger partial charge >= 0.3 is 0 Å². The molecule has 106 valence electrons. The Balaban J connectivity index is 2.06. The number of aliphatic hydroxyl groups excluding tert-OH is 1. The van der Waals surface area contributed by atoms with E-state index >= 15 is 0 Å². The van der Waals surface area contributed by atoms with Crippen LogP contribution in [0.1, 0.15) is 29.2 Å². The van der Waals surface area contributed by atoms with Crippen LogP contribution in [0, 0.1) is 6.92 Å². The molecule has 20 heavy (non-hydrogen) atoms. The maximum Gasteiger partial charge on any atom is 0.124 e. The number of rotatable bonds is 5. The number of ether oxygens (including phenoxy) is 1. The Kier molecular flexibility index (Phi) is 5.05. The number of hydrogen-bond donors (Lipinski definition) is 1. The lowest BCUT2D eigenvalue weighted by molar-refractivity contribution is 0.163. The summed E-state index contributed by atoms with van der Waals surface area (Å²) >= 11 is 5.99. The molecule has 3 heteroatoms. The molecule has 0 amide bonds. The molecule has 0 fully saturated rings. The van der Waals surface area contributed by atoms with Gasteiger partial charge in [-0.1, -0.05) is 41.4 Å². The summed E-state index contributed by atoms with van der Waals surface area (Å²) in [4.78, 5) is 0. The third-order valence-corrected chi connectivity index (χ3v) is 3.61. The predicted octanol–water partition coefficient (Wildman–Crippen LogP) is 4.32. The van der Waals surface area contributed by atoms with Crippen molar-refractivity contribution in [3.63, 3.8) is 0 Å². The zero-order valence-corrected chi connectivity index (χ0v) is 12.5. The zero-order chi connectivity index (χ0) is 14.5. The number of halogens is 1. The highest BCUT2D eigenvalue weighted by atomic mass is 35.5. The van der Waals surface area contributed by atoms with Gasteiger partial charge in [-0.25, -0.2) is 0 Å². The Bertz CT molecular complexity index is 564. The zero-order valence-electron chi connectivity index (χ0n) is 11.8. The summed E-state index contributed by atoms with van der Waals surface area (Å²) < 4.78 is 5.27. The number of aliphatic hydroxyl groups is 1. The average Bonchev–Trinajstić information content (AvgIpc) is 2.46. The summed E-state index contributed by atoms with van der Waals surface area (Å²) in [6.45, 7) is 2.06. The first-order chi connectivity index (χ1) is 9.60. The lowest BCUT2D eigenvalue weighted by Crippen LogP contribution is -2.02. The third-order valence-electron chi connectivity index (χ3n) is 3.38. The van der Waals surface area contributed by atoms with Crippen molar-refractivity contribution in [3.05, 3.63) is 64.2 Å². The highest BCUT2D eigenvalue weighted by Gasteiger charge is 2.14. The maximum absolute atomic E-state index is 10.3. The van der Waals surface area contributed by atoms with Gasteiger partial charge < -0.3 is 9.84 Å². The molecule has 1 atom stereocenters. The highest BCUT2D eigenvalue weighted by Crippen LogP contribution is 2.30. The summed E-state index contributed by atoms with van der Waals surface area (Å²) in [6.07, 6.45) is 0.876. The van der Waals surface area contributed by atoms with Crippen LogP contribution in [0.2, 0.25) is 5.02 Å². The van der Waals surface area contributed by atoms with Gasteiger partial charge in [0, 0.05) is 10.6 Å². The summed E-state index contributed by atoms with van der Waals surface area (Å²) in [5.74, 6) is 0.672. The maximum atomic E-state index is 10.3. The molecule has 2 rings (SSSR count). The Hall–Kier alpha value is -1.51. The molecule has 0 aliphatic carbocycles. The van der Waals surface area contributed by atoms with E-state index in [-0.39, 0.29) is 0 Å². The first-order valence-electron chi connectivity index (χ1n) is 6.67. The average molecular weight is 291 g/mol. The predicted molar refractivity (Wildman–Crippen MR) is 82.5 cm³/mol. The molecule has 0 bridgehead atoms. The molecule has 0 aliphatic rings. The van der Waals surface area contributed by atoms with Gasteiger partial charge in [-0.05, 0) is 43.5 Å². The summed E-state index contributed by atoms with van der Waals surface area (Å²) in [7, 11) is 1.60. The van der Waals surface area contributed by atoms with Crippen LogP contribution >= 0.6 is 11.6 Å². The molecule has 0 saturated carbocycles. The van der Waals surface area contributed by atoms with Crippen LogP contribution < -0.4 is 4.74 Å². The molecule has 0 spiro atoms. The first kappa shape index (κ1) is 14.9. The summed E-state index contributed by atoms with van der Waals surface area (Å²) in [6, 6.07) is 13.7. The molecule has 2 aromatic rings. The largest absolute Gasteiger partial charge is 0.496 e. The van der Waals surface area contributed by atoms with Crippen molar-refractivity contribution >= 4 is 11.6 Å². The summed E-state index contributed by atoms with van der Waals surface area (Å²) in [5.41, 5.74) is 3.20. The topological polar surface area (TPSA) is 29.5 Å². The van der Waals surface area contributed by atoms with Crippen molar-refractivity contribution in [2.45, 2.75) is 25.9 Å². The highest BCUT2D eigenvalue weighted by molar-refractivity contribution is 6.30. The van der Waals surface area contributed by atoms with Crippen LogP contribution in [0.3, 0.4) is 0 Å². The number of aryl methyl sites for hydroxylation is 2. The Labute approximate surface area is 125 Å². The van der Waals surface area contributed by atoms with Crippen LogP contribution in [0.4, 0.5) is 0 Å². The number of hydrogen-bond acceptors (Lipinski definition) is 2. The second kappa shape index (κ2) is 6.78. The second-order valence-corrected chi connectivity index (χ2v) is 5.36. The molecular weight excluding hydrogens is 272 g/mol. The minimum atomic E-state index is -0.579. The smallest absolute Gasteiger partial charge is 0.124 e. The lowest BCUT2D eigenvalue weighted by Gasteiger charge is -2.15. The van der Waals surface area contributed by atoms with Crippen molar-refractivity contribution in [2.75, 3.05) is 7.11 Å². The fourth-order valence-electron chi connectivity index (χ4n) is 2.18. The Morgan fingerprint density at radius 2 is 1.85 bits per heavy atom. The Morgan fingerprint density at radius 1 is 1.15 bits per heavy atom. The van der Waals surface area contributed by atoms with Crippen molar-refractivity contribution in [1.29, 1.82) is 0 Å². The summed E-state index contributed by atoms with van der Waals surface area (Å²) in [5, 5.41) is 10.9. The van der Waals surface area contributed by atoms with Gasteiger partial charge in [-0.15, -0.1) is 0 Å². The molecular formula is C17H19ClO2. The SMILES string of the molecule is COc1ccc(Cl)cc1C(O)CCc1ccc(C)cc1. The molecule has 0 aliphatic heterocycles.